The molecule has 0 radical (unpaired) electrons. The fourth-order valence-electron chi connectivity index (χ4n) is 1.83. The summed E-state index contributed by atoms with van der Waals surface area (Å²) in [6.07, 6.45) is 4.20. The first-order chi connectivity index (χ1) is 8.56. The molecule has 0 aliphatic carbocycles. The van der Waals surface area contributed by atoms with Gasteiger partial charge in [0.25, 0.3) is 0 Å². The first-order valence-electron chi connectivity index (χ1n) is 5.58. The van der Waals surface area contributed by atoms with E-state index in [1.54, 1.807) is 0 Å². The highest BCUT2D eigenvalue weighted by Crippen LogP contribution is 2.28. The Morgan fingerprint density at radius 1 is 1.17 bits per heavy atom. The molecule has 0 saturated heterocycles. The van der Waals surface area contributed by atoms with Gasteiger partial charge in [-0.15, -0.1) is 0 Å². The maximum absolute atomic E-state index is 13.2. The summed E-state index contributed by atoms with van der Waals surface area (Å²) in [4.78, 5) is 7.76. The Hall–Kier alpha value is -1.88. The Labute approximate surface area is 104 Å². The molecular weight excluding hydrogens is 236 g/mol. The van der Waals surface area contributed by atoms with E-state index in [9.17, 15) is 8.78 Å². The molecule has 2 rings (SSSR count). The lowest BCUT2D eigenvalue weighted by atomic mass is 9.86. The van der Waals surface area contributed by atoms with Crippen LogP contribution < -0.4 is 5.73 Å². The number of rotatable bonds is 3. The van der Waals surface area contributed by atoms with Crippen molar-refractivity contribution in [1.29, 1.82) is 0 Å². The van der Waals surface area contributed by atoms with E-state index < -0.39 is 17.2 Å². The van der Waals surface area contributed by atoms with Crippen LogP contribution in [0, 0.1) is 11.6 Å². The van der Waals surface area contributed by atoms with Crippen molar-refractivity contribution in [3.8, 4) is 0 Å². The van der Waals surface area contributed by atoms with Crippen LogP contribution in [-0.2, 0) is 5.54 Å². The zero-order valence-corrected chi connectivity index (χ0v) is 9.90. The van der Waals surface area contributed by atoms with Gasteiger partial charge in [-0.05, 0) is 30.2 Å². The lowest BCUT2D eigenvalue weighted by Gasteiger charge is -2.27. The van der Waals surface area contributed by atoms with E-state index in [2.05, 4.69) is 9.97 Å². The molecule has 2 aromatic heterocycles. The Morgan fingerprint density at radius 3 is 2.50 bits per heavy atom. The van der Waals surface area contributed by atoms with Crippen LogP contribution in [-0.4, -0.2) is 9.97 Å². The molecule has 1 unspecified atom stereocenters. The summed E-state index contributed by atoms with van der Waals surface area (Å²) in [5.74, 6) is -0.896. The van der Waals surface area contributed by atoms with Crippen molar-refractivity contribution in [2.75, 3.05) is 0 Å². The van der Waals surface area contributed by atoms with Gasteiger partial charge in [-0.25, -0.2) is 8.78 Å². The zero-order chi connectivity index (χ0) is 13.2. The summed E-state index contributed by atoms with van der Waals surface area (Å²) >= 11 is 0. The molecule has 0 aliphatic rings. The number of nitrogens with two attached hydrogens (primary N) is 1. The number of nitrogens with zero attached hydrogens (tertiary/aromatic N) is 2. The Bertz CT molecular complexity index is 542. The number of pyridine rings is 2. The standard InChI is InChI=1S/C13H13F2N3/c1-2-13(16,9-5-11(15)7-17-6-9)12-4-3-10(14)8-18-12/h3-8H,2,16H2,1H3. The van der Waals surface area contributed by atoms with Crippen LogP contribution in [0.4, 0.5) is 8.78 Å². The fourth-order valence-corrected chi connectivity index (χ4v) is 1.83. The van der Waals surface area contributed by atoms with E-state index in [-0.39, 0.29) is 0 Å². The average Bonchev–Trinajstić information content (AvgIpc) is 2.38. The van der Waals surface area contributed by atoms with Crippen molar-refractivity contribution in [2.24, 2.45) is 5.73 Å². The van der Waals surface area contributed by atoms with Gasteiger partial charge in [0.05, 0.1) is 23.6 Å². The van der Waals surface area contributed by atoms with E-state index >= 15 is 0 Å². The first kappa shape index (κ1) is 12.6. The molecule has 0 saturated carbocycles. The van der Waals surface area contributed by atoms with E-state index in [1.165, 1.54) is 24.4 Å². The summed E-state index contributed by atoms with van der Waals surface area (Å²) in [6.45, 7) is 1.86. The number of hydrogen-bond donors (Lipinski definition) is 1. The van der Waals surface area contributed by atoms with Crippen molar-refractivity contribution < 1.29 is 8.78 Å². The lowest BCUT2D eigenvalue weighted by molar-refractivity contribution is 0.491. The second-order valence-electron chi connectivity index (χ2n) is 4.08. The highest BCUT2D eigenvalue weighted by atomic mass is 19.1. The molecule has 5 heteroatoms. The SMILES string of the molecule is CCC(N)(c1cncc(F)c1)c1ccc(F)cn1. The van der Waals surface area contributed by atoms with Gasteiger partial charge in [0.1, 0.15) is 11.6 Å². The largest absolute Gasteiger partial charge is 0.316 e. The van der Waals surface area contributed by atoms with Gasteiger partial charge in [0.2, 0.25) is 0 Å². The molecule has 0 fully saturated rings. The molecule has 0 amide bonds. The van der Waals surface area contributed by atoms with Gasteiger partial charge in [0, 0.05) is 6.20 Å². The van der Waals surface area contributed by atoms with Crippen LogP contribution in [0.5, 0.6) is 0 Å². The highest BCUT2D eigenvalue weighted by Gasteiger charge is 2.29. The molecular formula is C13H13F2N3. The maximum atomic E-state index is 13.2. The van der Waals surface area contributed by atoms with Crippen LogP contribution in [0.15, 0.2) is 36.8 Å². The van der Waals surface area contributed by atoms with Crippen LogP contribution in [0.25, 0.3) is 0 Å². The first-order valence-corrected chi connectivity index (χ1v) is 5.58. The normalized spacial score (nSPS) is 14.2. The molecule has 2 heterocycles. The molecule has 2 N–H and O–H groups in total. The minimum absolute atomic E-state index is 0.436. The molecule has 94 valence electrons. The predicted octanol–water partition coefficient (Wildman–Crippen LogP) is 2.37. The van der Waals surface area contributed by atoms with Crippen molar-refractivity contribution >= 4 is 0 Å². The number of aromatic nitrogens is 2. The Kier molecular flexibility index (Phi) is 3.34. The third kappa shape index (κ3) is 2.22. The van der Waals surface area contributed by atoms with E-state index in [0.717, 1.165) is 12.4 Å². The summed E-state index contributed by atoms with van der Waals surface area (Å²) in [5.41, 5.74) is 6.30. The maximum Gasteiger partial charge on any atom is 0.141 e. The molecule has 0 aliphatic heterocycles. The minimum Gasteiger partial charge on any atom is -0.316 e. The second kappa shape index (κ2) is 4.78. The fraction of sp³-hybridized carbons (Fsp3) is 0.231. The van der Waals surface area contributed by atoms with Gasteiger partial charge in [-0.1, -0.05) is 6.92 Å². The number of hydrogen-bond acceptors (Lipinski definition) is 3. The Balaban J connectivity index is 2.51. The molecule has 0 spiro atoms. The van der Waals surface area contributed by atoms with Gasteiger partial charge in [0.15, 0.2) is 0 Å². The van der Waals surface area contributed by atoms with E-state index in [0.29, 0.717) is 17.7 Å². The minimum atomic E-state index is -0.969. The van der Waals surface area contributed by atoms with Crippen molar-refractivity contribution in [1.82, 2.24) is 9.97 Å². The zero-order valence-electron chi connectivity index (χ0n) is 9.90. The summed E-state index contributed by atoms with van der Waals surface area (Å²) in [7, 11) is 0. The van der Waals surface area contributed by atoms with Crippen LogP contribution in [0.2, 0.25) is 0 Å². The summed E-state index contributed by atoms with van der Waals surface area (Å²) < 4.78 is 26.1. The van der Waals surface area contributed by atoms with E-state index in [1.807, 2.05) is 6.92 Å². The third-order valence-corrected chi connectivity index (χ3v) is 2.96. The van der Waals surface area contributed by atoms with Crippen molar-refractivity contribution in [2.45, 2.75) is 18.9 Å². The molecule has 18 heavy (non-hydrogen) atoms. The summed E-state index contributed by atoms with van der Waals surface area (Å²) in [6, 6.07) is 4.11. The predicted molar refractivity (Wildman–Crippen MR) is 63.6 cm³/mol. The third-order valence-electron chi connectivity index (χ3n) is 2.96. The topological polar surface area (TPSA) is 51.8 Å². The smallest absolute Gasteiger partial charge is 0.141 e. The summed E-state index contributed by atoms with van der Waals surface area (Å²) in [5, 5.41) is 0. The average molecular weight is 249 g/mol. The quantitative estimate of drug-likeness (QED) is 0.908. The molecule has 0 bridgehead atoms. The molecule has 1 atom stereocenters. The van der Waals surface area contributed by atoms with Crippen molar-refractivity contribution in [3.05, 3.63) is 59.7 Å². The molecule has 0 aromatic carbocycles. The Morgan fingerprint density at radius 2 is 1.94 bits per heavy atom. The van der Waals surface area contributed by atoms with Crippen molar-refractivity contribution in [3.63, 3.8) is 0 Å². The van der Waals surface area contributed by atoms with Gasteiger partial charge in [-0.2, -0.15) is 0 Å². The van der Waals surface area contributed by atoms with Gasteiger partial charge < -0.3 is 5.73 Å². The van der Waals surface area contributed by atoms with Crippen LogP contribution in [0.3, 0.4) is 0 Å². The van der Waals surface area contributed by atoms with Crippen LogP contribution >= 0.6 is 0 Å². The molecule has 2 aromatic rings. The second-order valence-corrected chi connectivity index (χ2v) is 4.08. The highest BCUT2D eigenvalue weighted by molar-refractivity contribution is 5.32. The molecule has 3 nitrogen and oxygen atoms in total. The van der Waals surface area contributed by atoms with Crippen LogP contribution in [0.1, 0.15) is 24.6 Å². The lowest BCUT2D eigenvalue weighted by Crippen LogP contribution is -2.38. The van der Waals surface area contributed by atoms with Gasteiger partial charge in [-0.3, -0.25) is 9.97 Å². The van der Waals surface area contributed by atoms with Gasteiger partial charge >= 0.3 is 0 Å². The number of halogens is 2. The monoisotopic (exact) mass is 249 g/mol. The van der Waals surface area contributed by atoms with E-state index in [4.69, 9.17) is 5.73 Å².